The summed E-state index contributed by atoms with van der Waals surface area (Å²) >= 11 is 1.45. The number of aromatic nitrogens is 1. The van der Waals surface area contributed by atoms with E-state index in [1.807, 2.05) is 4.90 Å². The summed E-state index contributed by atoms with van der Waals surface area (Å²) in [5.41, 5.74) is 7.87. The van der Waals surface area contributed by atoms with Crippen molar-refractivity contribution >= 4 is 17.2 Å². The standard InChI is InChI=1S/C10H15N3OS/c1-7-2-8(3-11)4-13(7)10(14)9-5-15-6-12-9/h5-8H,2-4,11H2,1H3. The van der Waals surface area contributed by atoms with Crippen molar-refractivity contribution < 1.29 is 4.79 Å². The maximum Gasteiger partial charge on any atom is 0.273 e. The summed E-state index contributed by atoms with van der Waals surface area (Å²) in [4.78, 5) is 17.9. The lowest BCUT2D eigenvalue weighted by atomic mass is 10.1. The minimum absolute atomic E-state index is 0.0414. The summed E-state index contributed by atoms with van der Waals surface area (Å²) in [5.74, 6) is 0.488. The zero-order valence-corrected chi connectivity index (χ0v) is 9.54. The number of carbonyl (C=O) groups is 1. The van der Waals surface area contributed by atoms with Crippen molar-refractivity contribution in [3.63, 3.8) is 0 Å². The average molecular weight is 225 g/mol. The molecule has 1 amide bonds. The summed E-state index contributed by atoms with van der Waals surface area (Å²) in [5, 5.41) is 1.80. The van der Waals surface area contributed by atoms with Crippen LogP contribution in [-0.4, -0.2) is 34.9 Å². The maximum atomic E-state index is 12.0. The number of hydrogen-bond donors (Lipinski definition) is 1. The van der Waals surface area contributed by atoms with Gasteiger partial charge in [0.05, 0.1) is 5.51 Å². The van der Waals surface area contributed by atoms with E-state index in [1.54, 1.807) is 10.9 Å². The third-order valence-electron chi connectivity index (χ3n) is 2.91. The van der Waals surface area contributed by atoms with E-state index in [2.05, 4.69) is 11.9 Å². The molecule has 5 heteroatoms. The number of likely N-dealkylation sites (tertiary alicyclic amines) is 1. The molecular formula is C10H15N3OS. The maximum absolute atomic E-state index is 12.0. The first kappa shape index (κ1) is 10.6. The molecule has 1 saturated heterocycles. The molecule has 2 unspecified atom stereocenters. The van der Waals surface area contributed by atoms with Crippen LogP contribution in [0.15, 0.2) is 10.9 Å². The number of rotatable bonds is 2. The fraction of sp³-hybridized carbons (Fsp3) is 0.600. The molecule has 1 aliphatic heterocycles. The van der Waals surface area contributed by atoms with Crippen LogP contribution in [0.25, 0.3) is 0 Å². The first-order chi connectivity index (χ1) is 7.22. The van der Waals surface area contributed by atoms with Gasteiger partial charge in [-0.05, 0) is 25.8 Å². The van der Waals surface area contributed by atoms with Gasteiger partial charge in [0, 0.05) is 18.0 Å². The molecule has 1 aromatic rings. The molecule has 0 saturated carbocycles. The van der Waals surface area contributed by atoms with E-state index in [9.17, 15) is 4.79 Å². The smallest absolute Gasteiger partial charge is 0.273 e. The topological polar surface area (TPSA) is 59.2 Å². The number of nitrogens with zero attached hydrogens (tertiary/aromatic N) is 2. The molecule has 1 fully saturated rings. The monoisotopic (exact) mass is 225 g/mol. The van der Waals surface area contributed by atoms with Crippen LogP contribution in [0.2, 0.25) is 0 Å². The lowest BCUT2D eigenvalue weighted by Crippen LogP contribution is -2.34. The van der Waals surface area contributed by atoms with Gasteiger partial charge in [0.15, 0.2) is 0 Å². The Labute approximate surface area is 93.1 Å². The summed E-state index contributed by atoms with van der Waals surface area (Å²) < 4.78 is 0. The van der Waals surface area contributed by atoms with Crippen LogP contribution in [0.4, 0.5) is 0 Å². The number of hydrogen-bond acceptors (Lipinski definition) is 4. The van der Waals surface area contributed by atoms with E-state index in [1.165, 1.54) is 11.3 Å². The molecule has 15 heavy (non-hydrogen) atoms. The fourth-order valence-corrected chi connectivity index (χ4v) is 2.59. The van der Waals surface area contributed by atoms with Gasteiger partial charge in [-0.1, -0.05) is 0 Å². The van der Waals surface area contributed by atoms with Crippen molar-refractivity contribution in [2.45, 2.75) is 19.4 Å². The van der Waals surface area contributed by atoms with Gasteiger partial charge in [0.2, 0.25) is 0 Å². The van der Waals surface area contributed by atoms with Gasteiger partial charge in [-0.2, -0.15) is 0 Å². The minimum atomic E-state index is 0.0414. The zero-order chi connectivity index (χ0) is 10.8. The number of nitrogens with two attached hydrogens (primary N) is 1. The van der Waals surface area contributed by atoms with Crippen LogP contribution in [0.5, 0.6) is 0 Å². The van der Waals surface area contributed by atoms with Crippen LogP contribution in [0, 0.1) is 5.92 Å². The molecule has 2 heterocycles. The van der Waals surface area contributed by atoms with Gasteiger partial charge in [-0.25, -0.2) is 4.98 Å². The molecule has 2 N–H and O–H groups in total. The molecule has 2 atom stereocenters. The van der Waals surface area contributed by atoms with Gasteiger partial charge in [-0.15, -0.1) is 11.3 Å². The van der Waals surface area contributed by atoms with E-state index in [-0.39, 0.29) is 11.9 Å². The molecule has 0 aromatic carbocycles. The second-order valence-corrected chi connectivity index (χ2v) is 4.74. The molecule has 82 valence electrons. The Bertz CT molecular complexity index is 338. The molecule has 1 aliphatic rings. The molecule has 0 radical (unpaired) electrons. The Hall–Kier alpha value is -0.940. The van der Waals surface area contributed by atoms with Gasteiger partial charge in [0.1, 0.15) is 5.69 Å². The molecular weight excluding hydrogens is 210 g/mol. The van der Waals surface area contributed by atoms with Gasteiger partial charge in [0.25, 0.3) is 5.91 Å². The Balaban J connectivity index is 2.09. The predicted molar refractivity (Wildman–Crippen MR) is 59.8 cm³/mol. The van der Waals surface area contributed by atoms with Crippen molar-refractivity contribution in [3.8, 4) is 0 Å². The zero-order valence-electron chi connectivity index (χ0n) is 8.72. The van der Waals surface area contributed by atoms with Gasteiger partial charge >= 0.3 is 0 Å². The van der Waals surface area contributed by atoms with Crippen LogP contribution in [0.1, 0.15) is 23.8 Å². The Morgan fingerprint density at radius 2 is 2.60 bits per heavy atom. The predicted octanol–water partition coefficient (Wildman–Crippen LogP) is 0.952. The second kappa shape index (κ2) is 4.28. The molecule has 0 bridgehead atoms. The third kappa shape index (κ3) is 2.03. The Morgan fingerprint density at radius 3 is 3.13 bits per heavy atom. The normalized spacial score (nSPS) is 25.9. The summed E-state index contributed by atoms with van der Waals surface area (Å²) in [7, 11) is 0. The summed E-state index contributed by atoms with van der Waals surface area (Å²) in [6.45, 7) is 3.50. The van der Waals surface area contributed by atoms with Crippen LogP contribution >= 0.6 is 11.3 Å². The van der Waals surface area contributed by atoms with Crippen LogP contribution < -0.4 is 5.73 Å². The highest BCUT2D eigenvalue weighted by molar-refractivity contribution is 7.07. The van der Waals surface area contributed by atoms with Gasteiger partial charge < -0.3 is 10.6 Å². The third-order valence-corrected chi connectivity index (χ3v) is 3.49. The van der Waals surface area contributed by atoms with Crippen molar-refractivity contribution in [1.82, 2.24) is 9.88 Å². The number of carbonyl (C=O) groups excluding carboxylic acids is 1. The van der Waals surface area contributed by atoms with E-state index in [4.69, 9.17) is 5.73 Å². The first-order valence-electron chi connectivity index (χ1n) is 5.11. The summed E-state index contributed by atoms with van der Waals surface area (Å²) in [6.07, 6.45) is 1.01. The highest BCUT2D eigenvalue weighted by Gasteiger charge is 2.32. The molecule has 1 aromatic heterocycles. The van der Waals surface area contributed by atoms with Crippen LogP contribution in [0.3, 0.4) is 0 Å². The average Bonchev–Trinajstić information content (AvgIpc) is 2.85. The van der Waals surface area contributed by atoms with E-state index < -0.39 is 0 Å². The second-order valence-electron chi connectivity index (χ2n) is 4.02. The summed E-state index contributed by atoms with van der Waals surface area (Å²) in [6, 6.07) is 0.285. The van der Waals surface area contributed by atoms with Crippen molar-refractivity contribution in [2.24, 2.45) is 11.7 Å². The van der Waals surface area contributed by atoms with Crippen molar-refractivity contribution in [1.29, 1.82) is 0 Å². The fourth-order valence-electron chi connectivity index (χ4n) is 2.06. The van der Waals surface area contributed by atoms with Crippen LogP contribution in [-0.2, 0) is 0 Å². The number of thiazole rings is 1. The van der Waals surface area contributed by atoms with Crippen molar-refractivity contribution in [2.75, 3.05) is 13.1 Å². The molecule has 2 rings (SSSR count). The van der Waals surface area contributed by atoms with E-state index in [0.29, 0.717) is 18.2 Å². The lowest BCUT2D eigenvalue weighted by molar-refractivity contribution is 0.0738. The quantitative estimate of drug-likeness (QED) is 0.815. The molecule has 4 nitrogen and oxygen atoms in total. The SMILES string of the molecule is CC1CC(CN)CN1C(=O)c1cscn1. The number of amides is 1. The first-order valence-corrected chi connectivity index (χ1v) is 6.06. The van der Waals surface area contributed by atoms with E-state index in [0.717, 1.165) is 13.0 Å². The molecule has 0 spiro atoms. The lowest BCUT2D eigenvalue weighted by Gasteiger charge is -2.20. The highest BCUT2D eigenvalue weighted by Crippen LogP contribution is 2.23. The highest BCUT2D eigenvalue weighted by atomic mass is 32.1. The van der Waals surface area contributed by atoms with Gasteiger partial charge in [-0.3, -0.25) is 4.79 Å². The largest absolute Gasteiger partial charge is 0.334 e. The molecule has 0 aliphatic carbocycles. The Kier molecular flexibility index (Phi) is 3.02. The Morgan fingerprint density at radius 1 is 1.80 bits per heavy atom. The minimum Gasteiger partial charge on any atom is -0.334 e. The van der Waals surface area contributed by atoms with E-state index >= 15 is 0 Å². The van der Waals surface area contributed by atoms with Crippen molar-refractivity contribution in [3.05, 3.63) is 16.6 Å².